The molecular weight excluding hydrogens is 295 g/mol. The van der Waals surface area contributed by atoms with Crippen LogP contribution in [0.5, 0.6) is 0 Å². The molecular formula is C18H21FN2O2. The van der Waals surface area contributed by atoms with Gasteiger partial charge in [0, 0.05) is 18.2 Å². The van der Waals surface area contributed by atoms with Gasteiger partial charge in [0.1, 0.15) is 11.6 Å². The lowest BCUT2D eigenvalue weighted by Crippen LogP contribution is -2.38. The number of halogens is 1. The van der Waals surface area contributed by atoms with Crippen LogP contribution >= 0.6 is 0 Å². The van der Waals surface area contributed by atoms with E-state index in [2.05, 4.69) is 5.16 Å². The Morgan fingerprint density at radius 3 is 2.96 bits per heavy atom. The van der Waals surface area contributed by atoms with E-state index in [9.17, 15) is 9.18 Å². The van der Waals surface area contributed by atoms with Gasteiger partial charge in [-0.2, -0.15) is 0 Å². The molecule has 3 rings (SSSR count). The van der Waals surface area contributed by atoms with Crippen molar-refractivity contribution in [2.24, 2.45) is 0 Å². The van der Waals surface area contributed by atoms with Gasteiger partial charge in [-0.05, 0) is 50.8 Å². The van der Waals surface area contributed by atoms with Crippen LogP contribution in [0.3, 0.4) is 0 Å². The quantitative estimate of drug-likeness (QED) is 0.870. The zero-order valence-corrected chi connectivity index (χ0v) is 13.5. The number of aromatic nitrogens is 1. The molecule has 0 spiro atoms. The molecule has 1 fully saturated rings. The molecule has 4 nitrogen and oxygen atoms in total. The minimum atomic E-state index is -0.228. The van der Waals surface area contributed by atoms with Crippen molar-refractivity contribution >= 4 is 5.91 Å². The first-order valence-electron chi connectivity index (χ1n) is 8.00. The minimum absolute atomic E-state index is 0.0957. The summed E-state index contributed by atoms with van der Waals surface area (Å²) in [6.45, 7) is 4.45. The SMILES string of the molecule is Cc1noc(C)c1CC(=O)N1CCC[C@H]1Cc1cccc(F)c1. The number of rotatable bonds is 4. The van der Waals surface area contributed by atoms with Crippen LogP contribution in [0.4, 0.5) is 4.39 Å². The lowest BCUT2D eigenvalue weighted by Gasteiger charge is -2.25. The van der Waals surface area contributed by atoms with Crippen molar-refractivity contribution < 1.29 is 13.7 Å². The Kier molecular flexibility index (Phi) is 4.46. The zero-order chi connectivity index (χ0) is 16.4. The summed E-state index contributed by atoms with van der Waals surface area (Å²) >= 11 is 0. The molecule has 2 heterocycles. The monoisotopic (exact) mass is 316 g/mol. The third kappa shape index (κ3) is 3.44. The summed E-state index contributed by atoms with van der Waals surface area (Å²) in [6, 6.07) is 6.77. The third-order valence-corrected chi connectivity index (χ3v) is 4.57. The Bertz CT molecular complexity index is 691. The molecule has 0 aliphatic carbocycles. The second kappa shape index (κ2) is 6.52. The van der Waals surface area contributed by atoms with Gasteiger partial charge in [0.15, 0.2) is 0 Å². The molecule has 1 aliphatic rings. The van der Waals surface area contributed by atoms with E-state index in [1.165, 1.54) is 6.07 Å². The van der Waals surface area contributed by atoms with Gasteiger partial charge < -0.3 is 9.42 Å². The molecule has 5 heteroatoms. The molecule has 0 N–H and O–H groups in total. The molecule has 1 aromatic carbocycles. The maximum Gasteiger partial charge on any atom is 0.227 e. The highest BCUT2D eigenvalue weighted by Crippen LogP contribution is 2.23. The number of nitrogens with zero attached hydrogens (tertiary/aromatic N) is 2. The van der Waals surface area contributed by atoms with Crippen LogP contribution in [-0.4, -0.2) is 28.6 Å². The summed E-state index contributed by atoms with van der Waals surface area (Å²) < 4.78 is 18.5. The van der Waals surface area contributed by atoms with E-state index >= 15 is 0 Å². The van der Waals surface area contributed by atoms with E-state index in [-0.39, 0.29) is 17.8 Å². The molecule has 23 heavy (non-hydrogen) atoms. The molecule has 1 aromatic heterocycles. The van der Waals surface area contributed by atoms with Crippen LogP contribution in [0.15, 0.2) is 28.8 Å². The van der Waals surface area contributed by atoms with Gasteiger partial charge in [-0.25, -0.2) is 4.39 Å². The number of carbonyl (C=O) groups excluding carboxylic acids is 1. The Hall–Kier alpha value is -2.17. The predicted molar refractivity (Wildman–Crippen MR) is 84.5 cm³/mol. The number of likely N-dealkylation sites (tertiary alicyclic amines) is 1. The number of hydrogen-bond donors (Lipinski definition) is 0. The van der Waals surface area contributed by atoms with E-state index in [0.717, 1.165) is 36.2 Å². The van der Waals surface area contributed by atoms with Crippen LogP contribution < -0.4 is 0 Å². The Morgan fingerprint density at radius 1 is 1.43 bits per heavy atom. The van der Waals surface area contributed by atoms with Crippen molar-refractivity contribution in [1.82, 2.24) is 10.1 Å². The summed E-state index contributed by atoms with van der Waals surface area (Å²) in [5.74, 6) is 0.573. The van der Waals surface area contributed by atoms with Gasteiger partial charge in [-0.3, -0.25) is 4.79 Å². The molecule has 0 unspecified atom stereocenters. The molecule has 0 saturated carbocycles. The van der Waals surface area contributed by atoms with Crippen molar-refractivity contribution in [2.45, 2.75) is 45.6 Å². The van der Waals surface area contributed by atoms with Crippen LogP contribution in [0.2, 0.25) is 0 Å². The van der Waals surface area contributed by atoms with E-state index in [1.807, 2.05) is 24.8 Å². The first-order valence-corrected chi connectivity index (χ1v) is 8.00. The van der Waals surface area contributed by atoms with Crippen LogP contribution in [0.25, 0.3) is 0 Å². The highest BCUT2D eigenvalue weighted by molar-refractivity contribution is 5.79. The minimum Gasteiger partial charge on any atom is -0.361 e. The van der Waals surface area contributed by atoms with Gasteiger partial charge in [0.2, 0.25) is 5.91 Å². The van der Waals surface area contributed by atoms with Gasteiger partial charge in [-0.15, -0.1) is 0 Å². The van der Waals surface area contributed by atoms with Crippen LogP contribution in [0, 0.1) is 19.7 Å². The first-order chi connectivity index (χ1) is 11.0. The molecule has 122 valence electrons. The van der Waals surface area contributed by atoms with E-state index < -0.39 is 0 Å². The second-order valence-corrected chi connectivity index (χ2v) is 6.20. The van der Waals surface area contributed by atoms with Crippen LogP contribution in [-0.2, 0) is 17.6 Å². The highest BCUT2D eigenvalue weighted by atomic mass is 19.1. The number of amides is 1. The maximum atomic E-state index is 13.3. The van der Waals surface area contributed by atoms with E-state index in [4.69, 9.17) is 4.52 Å². The number of aryl methyl sites for hydroxylation is 2. The number of carbonyl (C=O) groups is 1. The topological polar surface area (TPSA) is 46.3 Å². The molecule has 1 atom stereocenters. The highest BCUT2D eigenvalue weighted by Gasteiger charge is 2.29. The number of benzene rings is 1. The van der Waals surface area contributed by atoms with Gasteiger partial charge >= 0.3 is 0 Å². The average molecular weight is 316 g/mol. The van der Waals surface area contributed by atoms with E-state index in [1.54, 1.807) is 12.1 Å². The lowest BCUT2D eigenvalue weighted by molar-refractivity contribution is -0.131. The Labute approximate surface area is 135 Å². The maximum absolute atomic E-state index is 13.3. The fourth-order valence-electron chi connectivity index (χ4n) is 3.32. The van der Waals surface area contributed by atoms with Crippen molar-refractivity contribution in [3.05, 3.63) is 52.7 Å². The summed E-state index contributed by atoms with van der Waals surface area (Å²) in [5, 5.41) is 3.90. The summed E-state index contributed by atoms with van der Waals surface area (Å²) in [5.41, 5.74) is 2.59. The smallest absolute Gasteiger partial charge is 0.227 e. The Morgan fingerprint density at radius 2 is 2.26 bits per heavy atom. The molecule has 1 amide bonds. The summed E-state index contributed by atoms with van der Waals surface area (Å²) in [7, 11) is 0. The summed E-state index contributed by atoms with van der Waals surface area (Å²) in [6.07, 6.45) is 2.98. The van der Waals surface area contributed by atoms with Gasteiger partial charge in [-0.1, -0.05) is 17.3 Å². The predicted octanol–water partition coefficient (Wildman–Crippen LogP) is 3.21. The zero-order valence-electron chi connectivity index (χ0n) is 13.5. The van der Waals surface area contributed by atoms with E-state index in [0.29, 0.717) is 18.6 Å². The van der Waals surface area contributed by atoms with Crippen molar-refractivity contribution in [1.29, 1.82) is 0 Å². The second-order valence-electron chi connectivity index (χ2n) is 6.20. The fourth-order valence-corrected chi connectivity index (χ4v) is 3.32. The van der Waals surface area contributed by atoms with Crippen molar-refractivity contribution in [3.8, 4) is 0 Å². The summed E-state index contributed by atoms with van der Waals surface area (Å²) in [4.78, 5) is 14.6. The van der Waals surface area contributed by atoms with Crippen molar-refractivity contribution in [3.63, 3.8) is 0 Å². The molecule has 0 radical (unpaired) electrons. The third-order valence-electron chi connectivity index (χ3n) is 4.57. The lowest BCUT2D eigenvalue weighted by atomic mass is 10.0. The van der Waals surface area contributed by atoms with Gasteiger partial charge in [0.05, 0.1) is 12.1 Å². The molecule has 2 aromatic rings. The Balaban J connectivity index is 1.70. The average Bonchev–Trinajstić information content (AvgIpc) is 3.09. The van der Waals surface area contributed by atoms with Gasteiger partial charge in [0.25, 0.3) is 0 Å². The molecule has 0 bridgehead atoms. The van der Waals surface area contributed by atoms with Crippen molar-refractivity contribution in [2.75, 3.05) is 6.54 Å². The largest absolute Gasteiger partial charge is 0.361 e. The normalized spacial score (nSPS) is 17.7. The van der Waals surface area contributed by atoms with Crippen LogP contribution in [0.1, 0.15) is 35.4 Å². The fraction of sp³-hybridized carbons (Fsp3) is 0.444. The molecule has 1 aliphatic heterocycles. The standard InChI is InChI=1S/C18H21FN2O2/c1-12-17(13(2)23-20-12)11-18(22)21-8-4-7-16(21)10-14-5-3-6-15(19)9-14/h3,5-6,9,16H,4,7-8,10-11H2,1-2H3/t16-/m0/s1. The first kappa shape index (κ1) is 15.7. The number of hydrogen-bond acceptors (Lipinski definition) is 3. The molecule has 1 saturated heterocycles.